The Morgan fingerprint density at radius 3 is 1.71 bits per heavy atom. The number of benzene rings is 2. The molecule has 0 atom stereocenters. The van der Waals surface area contributed by atoms with E-state index in [1.165, 1.54) is 30.4 Å². The monoisotopic (exact) mass is 280 g/mol. The molecule has 0 aliphatic heterocycles. The van der Waals surface area contributed by atoms with Crippen LogP contribution in [0, 0.1) is 0 Å². The van der Waals surface area contributed by atoms with Crippen LogP contribution in [0.2, 0.25) is 0 Å². The van der Waals surface area contributed by atoms with E-state index in [0.29, 0.717) is 0 Å². The van der Waals surface area contributed by atoms with Crippen LogP contribution in [0.5, 0.6) is 0 Å². The molecule has 0 nitrogen and oxygen atoms in total. The Morgan fingerprint density at radius 1 is 0.810 bits per heavy atom. The smallest absolute Gasteiger partial charge is 0.0205 e. The summed E-state index contributed by atoms with van der Waals surface area (Å²) in [5.41, 5.74) is 6.42. The molecule has 2 aromatic rings. The summed E-state index contributed by atoms with van der Waals surface area (Å²) in [6.07, 6.45) is 4.76. The van der Waals surface area contributed by atoms with Crippen molar-refractivity contribution in [1.82, 2.24) is 0 Å². The fraction of sp³-hybridized carbons (Fsp3) is 0.429. The number of fused-ring (bicyclic) bond motifs is 2. The zero-order valence-corrected chi connectivity index (χ0v) is 13.9. The van der Waals surface area contributed by atoms with E-state index in [1.807, 2.05) is 13.8 Å². The highest BCUT2D eigenvalue weighted by molar-refractivity contribution is 5.53. The van der Waals surface area contributed by atoms with Gasteiger partial charge in [0.2, 0.25) is 0 Å². The van der Waals surface area contributed by atoms with E-state index in [2.05, 4.69) is 62.4 Å². The van der Waals surface area contributed by atoms with Crippen molar-refractivity contribution in [3.63, 3.8) is 0 Å². The van der Waals surface area contributed by atoms with E-state index in [4.69, 9.17) is 0 Å². The van der Waals surface area contributed by atoms with Gasteiger partial charge in [-0.05, 0) is 41.5 Å². The van der Waals surface area contributed by atoms with Crippen molar-refractivity contribution in [2.45, 2.75) is 58.8 Å². The first-order valence-electron chi connectivity index (χ1n) is 8.48. The van der Waals surface area contributed by atoms with E-state index < -0.39 is 0 Å². The molecule has 0 radical (unpaired) electrons. The Hall–Kier alpha value is -1.56. The zero-order chi connectivity index (χ0) is 15.3. The molecular formula is C21H28. The summed E-state index contributed by atoms with van der Waals surface area (Å²) in [4.78, 5) is 0. The third kappa shape index (κ3) is 2.64. The molecule has 0 unspecified atom stereocenters. The Morgan fingerprint density at radius 2 is 1.29 bits per heavy atom. The summed E-state index contributed by atoms with van der Waals surface area (Å²) in [5.74, 6) is 0. The van der Waals surface area contributed by atoms with Crippen molar-refractivity contribution in [3.05, 3.63) is 70.8 Å². The first kappa shape index (κ1) is 15.8. The largest absolute Gasteiger partial charge is 0.0683 e. The lowest BCUT2D eigenvalue weighted by molar-refractivity contribution is 0.436. The highest BCUT2D eigenvalue weighted by Crippen LogP contribution is 2.46. The van der Waals surface area contributed by atoms with Gasteiger partial charge in [-0.1, -0.05) is 82.6 Å². The third-order valence-electron chi connectivity index (χ3n) is 4.73. The number of rotatable bonds is 3. The molecule has 0 fully saturated rings. The molecular weight excluding hydrogens is 252 g/mol. The van der Waals surface area contributed by atoms with Crippen molar-refractivity contribution in [1.29, 1.82) is 0 Å². The second-order valence-electron chi connectivity index (χ2n) is 5.68. The predicted molar refractivity (Wildman–Crippen MR) is 93.0 cm³/mol. The molecule has 21 heavy (non-hydrogen) atoms. The fourth-order valence-electron chi connectivity index (χ4n) is 3.89. The van der Waals surface area contributed by atoms with Gasteiger partial charge in [-0.25, -0.2) is 0 Å². The average molecular weight is 280 g/mol. The fourth-order valence-corrected chi connectivity index (χ4v) is 3.89. The van der Waals surface area contributed by atoms with Crippen molar-refractivity contribution < 1.29 is 0 Å². The molecule has 3 rings (SSSR count). The molecule has 0 saturated heterocycles. The predicted octanol–water partition coefficient (Wildman–Crippen LogP) is 6.11. The van der Waals surface area contributed by atoms with Gasteiger partial charge in [-0.15, -0.1) is 0 Å². The van der Waals surface area contributed by atoms with E-state index in [-0.39, 0.29) is 5.41 Å². The maximum atomic E-state index is 2.35. The normalized spacial score (nSPS) is 14.5. The van der Waals surface area contributed by atoms with E-state index >= 15 is 0 Å². The molecule has 0 heterocycles. The first-order chi connectivity index (χ1) is 10.3. The number of hydrogen-bond acceptors (Lipinski definition) is 0. The van der Waals surface area contributed by atoms with Gasteiger partial charge in [-0.2, -0.15) is 0 Å². The van der Waals surface area contributed by atoms with Crippen molar-refractivity contribution in [2.75, 3.05) is 0 Å². The second-order valence-corrected chi connectivity index (χ2v) is 5.68. The van der Waals surface area contributed by atoms with Gasteiger partial charge in [0.1, 0.15) is 0 Å². The maximum Gasteiger partial charge on any atom is 0.0205 e. The molecule has 1 aliphatic carbocycles. The molecule has 1 aliphatic rings. The van der Waals surface area contributed by atoms with Crippen LogP contribution in [0.4, 0.5) is 0 Å². The zero-order valence-electron chi connectivity index (χ0n) is 13.9. The summed E-state index contributed by atoms with van der Waals surface area (Å²) < 4.78 is 0. The Balaban J connectivity index is 0.000000774. The molecule has 0 saturated carbocycles. The topological polar surface area (TPSA) is 0 Å². The molecule has 0 amide bonds. The lowest BCUT2D eigenvalue weighted by Crippen LogP contribution is -2.32. The second kappa shape index (κ2) is 6.93. The standard InChI is InChI=1S/C19H22.C2H6/c1-3-13-19(4-2)17-11-7-5-9-15(17)14-16-10-6-8-12-18(16)19;1-2/h5-12H,3-4,13-14H2,1-2H3;1-2H3. The van der Waals surface area contributed by atoms with Crippen LogP contribution in [-0.4, -0.2) is 0 Å². The summed E-state index contributed by atoms with van der Waals surface area (Å²) in [5, 5.41) is 0. The minimum Gasteiger partial charge on any atom is -0.0683 e. The quantitative estimate of drug-likeness (QED) is 0.636. The van der Waals surface area contributed by atoms with E-state index in [9.17, 15) is 0 Å². The molecule has 0 bridgehead atoms. The summed E-state index contributed by atoms with van der Waals surface area (Å²) in [6, 6.07) is 18.1. The van der Waals surface area contributed by atoms with Crippen molar-refractivity contribution >= 4 is 0 Å². The lowest BCUT2D eigenvalue weighted by atomic mass is 9.63. The van der Waals surface area contributed by atoms with Crippen molar-refractivity contribution in [3.8, 4) is 0 Å². The lowest BCUT2D eigenvalue weighted by Gasteiger charge is -2.40. The molecule has 0 N–H and O–H groups in total. The van der Waals surface area contributed by atoms with Gasteiger partial charge >= 0.3 is 0 Å². The molecule has 0 aromatic heterocycles. The Kier molecular flexibility index (Phi) is 5.22. The highest BCUT2D eigenvalue weighted by Gasteiger charge is 2.37. The summed E-state index contributed by atoms with van der Waals surface area (Å²) >= 11 is 0. The van der Waals surface area contributed by atoms with Crippen molar-refractivity contribution in [2.24, 2.45) is 0 Å². The molecule has 112 valence electrons. The van der Waals surface area contributed by atoms with E-state index in [1.54, 1.807) is 11.1 Å². The SMILES string of the molecule is CC.CCCC1(CC)c2ccccc2Cc2ccccc21. The first-order valence-corrected chi connectivity index (χ1v) is 8.48. The van der Waals surface area contributed by atoms with Crippen LogP contribution in [0.1, 0.15) is 69.2 Å². The van der Waals surface area contributed by atoms with E-state index in [0.717, 1.165) is 6.42 Å². The van der Waals surface area contributed by atoms with Gasteiger partial charge in [0, 0.05) is 5.41 Å². The summed E-state index contributed by atoms with van der Waals surface area (Å²) in [7, 11) is 0. The van der Waals surface area contributed by atoms with Crippen LogP contribution in [0.25, 0.3) is 0 Å². The van der Waals surface area contributed by atoms with Gasteiger partial charge in [0.05, 0.1) is 0 Å². The summed E-state index contributed by atoms with van der Waals surface area (Å²) in [6.45, 7) is 8.64. The molecule has 0 spiro atoms. The van der Waals surface area contributed by atoms with Gasteiger partial charge < -0.3 is 0 Å². The van der Waals surface area contributed by atoms with Gasteiger partial charge in [-0.3, -0.25) is 0 Å². The van der Waals surface area contributed by atoms with Crippen LogP contribution in [0.3, 0.4) is 0 Å². The Bertz CT molecular complexity index is 535. The minimum absolute atomic E-state index is 0.236. The third-order valence-corrected chi connectivity index (χ3v) is 4.73. The van der Waals surface area contributed by atoms with Gasteiger partial charge in [0.15, 0.2) is 0 Å². The Labute approximate surface area is 130 Å². The number of hydrogen-bond donors (Lipinski definition) is 0. The molecule has 2 aromatic carbocycles. The highest BCUT2D eigenvalue weighted by atomic mass is 14.4. The van der Waals surface area contributed by atoms with Crippen LogP contribution >= 0.6 is 0 Å². The van der Waals surface area contributed by atoms with Crippen LogP contribution in [-0.2, 0) is 11.8 Å². The van der Waals surface area contributed by atoms with Crippen LogP contribution < -0.4 is 0 Å². The average Bonchev–Trinajstić information content (AvgIpc) is 2.56. The molecule has 0 heteroatoms. The van der Waals surface area contributed by atoms with Crippen LogP contribution in [0.15, 0.2) is 48.5 Å². The maximum absolute atomic E-state index is 2.35. The van der Waals surface area contributed by atoms with Gasteiger partial charge in [0.25, 0.3) is 0 Å². The minimum atomic E-state index is 0.236.